The standard InChI is InChI=1S/C14H18N4O4S3/c1-4-22-11-8-6-5-7-10(11)18(25(3,20)21)9-12(19)15-13-16-17-14(23-2)24-13/h5-8H,4,9H2,1-3H3,(H,15,16,19). The van der Waals surface area contributed by atoms with E-state index < -0.39 is 22.5 Å². The molecular formula is C14H18N4O4S3. The lowest BCUT2D eigenvalue weighted by Crippen LogP contribution is -2.37. The van der Waals surface area contributed by atoms with Crippen LogP contribution in [0.25, 0.3) is 0 Å². The summed E-state index contributed by atoms with van der Waals surface area (Å²) >= 11 is 2.63. The van der Waals surface area contributed by atoms with Gasteiger partial charge in [0.25, 0.3) is 0 Å². The number of carbonyl (C=O) groups is 1. The van der Waals surface area contributed by atoms with Gasteiger partial charge in [-0.25, -0.2) is 8.42 Å². The lowest BCUT2D eigenvalue weighted by Gasteiger charge is -2.23. The van der Waals surface area contributed by atoms with Gasteiger partial charge < -0.3 is 4.74 Å². The fourth-order valence-electron chi connectivity index (χ4n) is 1.95. The number of anilines is 2. The molecule has 0 saturated heterocycles. The summed E-state index contributed by atoms with van der Waals surface area (Å²) in [4.78, 5) is 12.3. The van der Waals surface area contributed by atoms with Crippen LogP contribution in [0.4, 0.5) is 10.8 Å². The normalized spacial score (nSPS) is 11.2. The van der Waals surface area contributed by atoms with Crippen molar-refractivity contribution in [2.24, 2.45) is 0 Å². The molecular weight excluding hydrogens is 384 g/mol. The number of aromatic nitrogens is 2. The van der Waals surface area contributed by atoms with E-state index in [0.29, 0.717) is 27.5 Å². The highest BCUT2D eigenvalue weighted by atomic mass is 32.2. The van der Waals surface area contributed by atoms with Gasteiger partial charge in [0, 0.05) is 0 Å². The highest BCUT2D eigenvalue weighted by molar-refractivity contribution is 8.00. The summed E-state index contributed by atoms with van der Waals surface area (Å²) in [5.41, 5.74) is 0.309. The van der Waals surface area contributed by atoms with Gasteiger partial charge in [-0.2, -0.15) is 0 Å². The minimum atomic E-state index is -3.69. The number of ether oxygens (including phenoxy) is 1. The fraction of sp³-hybridized carbons (Fsp3) is 0.357. The number of nitrogens with zero attached hydrogens (tertiary/aromatic N) is 3. The highest BCUT2D eigenvalue weighted by Gasteiger charge is 2.24. The molecule has 1 heterocycles. The van der Waals surface area contributed by atoms with Crippen LogP contribution in [0.2, 0.25) is 0 Å². The molecule has 1 N–H and O–H groups in total. The molecule has 0 atom stereocenters. The minimum absolute atomic E-state index is 0.309. The first-order valence-electron chi connectivity index (χ1n) is 7.22. The van der Waals surface area contributed by atoms with Gasteiger partial charge in [0.15, 0.2) is 4.34 Å². The first-order valence-corrected chi connectivity index (χ1v) is 11.1. The highest BCUT2D eigenvalue weighted by Crippen LogP contribution is 2.30. The van der Waals surface area contributed by atoms with Crippen molar-refractivity contribution in [2.45, 2.75) is 11.3 Å². The van der Waals surface area contributed by atoms with Crippen LogP contribution in [0.1, 0.15) is 6.92 Å². The molecule has 0 radical (unpaired) electrons. The molecule has 0 bridgehead atoms. The summed E-state index contributed by atoms with van der Waals surface area (Å²) in [6.45, 7) is 1.78. The number of hydrogen-bond donors (Lipinski definition) is 1. The number of amides is 1. The van der Waals surface area contributed by atoms with Crippen molar-refractivity contribution in [3.05, 3.63) is 24.3 Å². The van der Waals surface area contributed by atoms with Crippen molar-refractivity contribution in [2.75, 3.05) is 35.3 Å². The van der Waals surface area contributed by atoms with Gasteiger partial charge in [-0.3, -0.25) is 14.4 Å². The second-order valence-electron chi connectivity index (χ2n) is 4.80. The molecule has 2 aromatic rings. The number of sulfonamides is 1. The van der Waals surface area contributed by atoms with E-state index in [1.165, 1.54) is 23.1 Å². The lowest BCUT2D eigenvalue weighted by molar-refractivity contribution is -0.114. The van der Waals surface area contributed by atoms with Gasteiger partial charge in [0.1, 0.15) is 12.3 Å². The molecule has 11 heteroatoms. The summed E-state index contributed by atoms with van der Waals surface area (Å²) in [6.07, 6.45) is 2.89. The largest absolute Gasteiger partial charge is 0.492 e. The van der Waals surface area contributed by atoms with Gasteiger partial charge >= 0.3 is 0 Å². The van der Waals surface area contributed by atoms with E-state index in [2.05, 4.69) is 15.5 Å². The van der Waals surface area contributed by atoms with Crippen molar-refractivity contribution >= 4 is 49.8 Å². The SMILES string of the molecule is CCOc1ccccc1N(CC(=O)Nc1nnc(SC)s1)S(C)(=O)=O. The zero-order valence-electron chi connectivity index (χ0n) is 13.9. The second kappa shape index (κ2) is 8.50. The van der Waals surface area contributed by atoms with Crippen molar-refractivity contribution in [1.82, 2.24) is 10.2 Å². The van der Waals surface area contributed by atoms with E-state index in [1.54, 1.807) is 31.2 Å². The summed E-state index contributed by atoms with van der Waals surface area (Å²) in [6, 6.07) is 6.67. The predicted octanol–water partition coefficient (Wildman–Crippen LogP) is 2.06. The summed E-state index contributed by atoms with van der Waals surface area (Å²) in [5.74, 6) is -0.121. The van der Waals surface area contributed by atoms with Gasteiger partial charge in [-0.1, -0.05) is 35.2 Å². The van der Waals surface area contributed by atoms with E-state index in [9.17, 15) is 13.2 Å². The number of thioether (sulfide) groups is 1. The maximum absolute atomic E-state index is 12.3. The molecule has 0 saturated carbocycles. The molecule has 1 amide bonds. The quantitative estimate of drug-likeness (QED) is 0.533. The molecule has 1 aromatic carbocycles. The molecule has 8 nitrogen and oxygen atoms in total. The molecule has 0 spiro atoms. The van der Waals surface area contributed by atoms with E-state index in [0.717, 1.165) is 10.6 Å². The van der Waals surface area contributed by atoms with Crippen LogP contribution in [0, 0.1) is 0 Å². The average molecular weight is 403 g/mol. The zero-order chi connectivity index (χ0) is 18.4. The Hall–Kier alpha value is -1.85. The number of para-hydroxylation sites is 2. The smallest absolute Gasteiger partial charge is 0.246 e. The molecule has 2 rings (SSSR count). The molecule has 0 aliphatic rings. The number of rotatable bonds is 8. The first-order chi connectivity index (χ1) is 11.8. The topological polar surface area (TPSA) is 101 Å². The van der Waals surface area contributed by atoms with Crippen LogP contribution in [-0.2, 0) is 14.8 Å². The number of carbonyl (C=O) groups excluding carboxylic acids is 1. The molecule has 0 unspecified atom stereocenters. The van der Waals surface area contributed by atoms with E-state index in [4.69, 9.17) is 4.74 Å². The summed E-state index contributed by atoms with van der Waals surface area (Å²) < 4.78 is 31.6. The van der Waals surface area contributed by atoms with Gasteiger partial charge in [-0.15, -0.1) is 10.2 Å². The Morgan fingerprint density at radius 3 is 2.68 bits per heavy atom. The van der Waals surface area contributed by atoms with Crippen molar-refractivity contribution in [3.8, 4) is 5.75 Å². The fourth-order valence-corrected chi connectivity index (χ4v) is 4.00. The molecule has 0 fully saturated rings. The number of nitrogens with one attached hydrogen (secondary N) is 1. The van der Waals surface area contributed by atoms with Crippen LogP contribution >= 0.6 is 23.1 Å². The van der Waals surface area contributed by atoms with E-state index in [1.807, 2.05) is 6.26 Å². The maximum Gasteiger partial charge on any atom is 0.246 e. The Morgan fingerprint density at radius 1 is 1.36 bits per heavy atom. The Kier molecular flexibility index (Phi) is 6.62. The third-order valence-corrected chi connectivity index (χ3v) is 5.89. The monoisotopic (exact) mass is 402 g/mol. The Labute approximate surface area is 154 Å². The van der Waals surface area contributed by atoms with Gasteiger partial charge in [0.05, 0.1) is 18.6 Å². The van der Waals surface area contributed by atoms with E-state index in [-0.39, 0.29) is 0 Å². The molecule has 25 heavy (non-hydrogen) atoms. The van der Waals surface area contributed by atoms with Gasteiger partial charge in [0.2, 0.25) is 21.1 Å². The van der Waals surface area contributed by atoms with Crippen LogP contribution in [-0.4, -0.2) is 50.2 Å². The predicted molar refractivity (Wildman–Crippen MR) is 100 cm³/mol. The van der Waals surface area contributed by atoms with Crippen LogP contribution in [0.5, 0.6) is 5.75 Å². The summed E-state index contributed by atoms with van der Waals surface area (Å²) in [7, 11) is -3.69. The van der Waals surface area contributed by atoms with Crippen LogP contribution in [0.3, 0.4) is 0 Å². The number of benzene rings is 1. The molecule has 0 aliphatic carbocycles. The van der Waals surface area contributed by atoms with Crippen LogP contribution in [0.15, 0.2) is 28.6 Å². The minimum Gasteiger partial charge on any atom is -0.492 e. The summed E-state index contributed by atoms with van der Waals surface area (Å²) in [5, 5.41) is 10.6. The van der Waals surface area contributed by atoms with Crippen LogP contribution < -0.4 is 14.4 Å². The zero-order valence-corrected chi connectivity index (χ0v) is 16.4. The molecule has 1 aromatic heterocycles. The maximum atomic E-state index is 12.3. The Morgan fingerprint density at radius 2 is 2.08 bits per heavy atom. The molecule has 136 valence electrons. The van der Waals surface area contributed by atoms with Crippen molar-refractivity contribution in [3.63, 3.8) is 0 Å². The average Bonchev–Trinajstić information content (AvgIpc) is 3.00. The Balaban J connectivity index is 2.23. The molecule has 0 aliphatic heterocycles. The van der Waals surface area contributed by atoms with Crippen molar-refractivity contribution < 1.29 is 17.9 Å². The van der Waals surface area contributed by atoms with Crippen molar-refractivity contribution in [1.29, 1.82) is 0 Å². The first kappa shape index (κ1) is 19.5. The number of hydrogen-bond acceptors (Lipinski definition) is 8. The van der Waals surface area contributed by atoms with E-state index >= 15 is 0 Å². The second-order valence-corrected chi connectivity index (χ2v) is 8.73. The lowest BCUT2D eigenvalue weighted by atomic mass is 10.3. The third kappa shape index (κ3) is 5.31. The third-order valence-electron chi connectivity index (χ3n) is 2.95. The Bertz CT molecular complexity index is 838. The van der Waals surface area contributed by atoms with Gasteiger partial charge in [-0.05, 0) is 25.3 Å².